The first-order valence-corrected chi connectivity index (χ1v) is 13.2. The van der Waals surface area contributed by atoms with Crippen LogP contribution in [0.15, 0.2) is 83.8 Å². The molecule has 0 fully saturated rings. The Kier molecular flexibility index (Phi) is 8.86. The molecule has 178 valence electrons. The molecule has 0 aliphatic rings. The highest BCUT2D eigenvalue weighted by molar-refractivity contribution is 8.00. The summed E-state index contributed by atoms with van der Waals surface area (Å²) in [5.41, 5.74) is 3.20. The fraction of sp³-hybridized carbons (Fsp3) is 0.200. The molecule has 3 aromatic rings. The number of carbonyl (C=O) groups is 2. The van der Waals surface area contributed by atoms with E-state index in [0.717, 1.165) is 11.1 Å². The number of carbonyl (C=O) groups excluding carboxylic acids is 2. The largest absolute Gasteiger partial charge is 0.325 e. The summed E-state index contributed by atoms with van der Waals surface area (Å²) in [4.78, 5) is 24.4. The number of anilines is 2. The van der Waals surface area contributed by atoms with Gasteiger partial charge in [-0.25, -0.2) is 8.42 Å². The molecule has 0 saturated carbocycles. The minimum Gasteiger partial charge on any atom is -0.325 e. The fourth-order valence-electron chi connectivity index (χ4n) is 3.08. The van der Waals surface area contributed by atoms with Gasteiger partial charge in [-0.15, -0.1) is 11.8 Å². The van der Waals surface area contributed by atoms with E-state index in [-0.39, 0.29) is 34.8 Å². The molecule has 0 spiro atoms. The van der Waals surface area contributed by atoms with Gasteiger partial charge in [0.1, 0.15) is 0 Å². The molecule has 0 atom stereocenters. The van der Waals surface area contributed by atoms with Crippen LogP contribution in [-0.2, 0) is 26.2 Å². The van der Waals surface area contributed by atoms with Gasteiger partial charge < -0.3 is 10.6 Å². The van der Waals surface area contributed by atoms with Crippen LogP contribution in [0.25, 0.3) is 0 Å². The third kappa shape index (κ3) is 7.44. The number of thioether (sulfide) groups is 1. The zero-order chi connectivity index (χ0) is 24.6. The van der Waals surface area contributed by atoms with Crippen molar-refractivity contribution in [3.05, 3.63) is 90.0 Å². The number of benzene rings is 3. The Labute approximate surface area is 204 Å². The average molecular weight is 498 g/mol. The molecule has 2 amide bonds. The number of nitrogens with zero attached hydrogens (tertiary/aromatic N) is 1. The summed E-state index contributed by atoms with van der Waals surface area (Å²) in [7, 11) is -2.13. The molecular formula is C25H27N3O4S2. The van der Waals surface area contributed by atoms with Crippen molar-refractivity contribution in [2.45, 2.75) is 18.4 Å². The maximum atomic E-state index is 12.8. The summed E-state index contributed by atoms with van der Waals surface area (Å²) >= 11 is 1.20. The lowest BCUT2D eigenvalue weighted by Gasteiger charge is -2.17. The first-order chi connectivity index (χ1) is 16.2. The Bertz CT molecular complexity index is 1210. The van der Waals surface area contributed by atoms with Crippen molar-refractivity contribution in [1.29, 1.82) is 0 Å². The van der Waals surface area contributed by atoms with Crippen LogP contribution >= 0.6 is 11.8 Å². The molecule has 0 bridgehead atoms. The third-order valence-electron chi connectivity index (χ3n) is 4.90. The van der Waals surface area contributed by atoms with E-state index >= 15 is 0 Å². The molecule has 3 rings (SSSR count). The lowest BCUT2D eigenvalue weighted by molar-refractivity contribution is -0.114. The Balaban J connectivity index is 1.46. The van der Waals surface area contributed by atoms with Gasteiger partial charge in [-0.2, -0.15) is 4.31 Å². The Morgan fingerprint density at radius 2 is 1.29 bits per heavy atom. The minimum atomic E-state index is -3.66. The SMILES string of the molecule is Cc1ccc(NC(=O)CSCC(=O)Nc2ccc(S(=O)(=O)N(C)Cc3ccccc3)cc2)cc1. The van der Waals surface area contributed by atoms with E-state index < -0.39 is 10.0 Å². The van der Waals surface area contributed by atoms with E-state index in [2.05, 4.69) is 10.6 Å². The van der Waals surface area contributed by atoms with Crippen molar-refractivity contribution >= 4 is 45.0 Å². The van der Waals surface area contributed by atoms with Crippen molar-refractivity contribution in [3.8, 4) is 0 Å². The van der Waals surface area contributed by atoms with Crippen molar-refractivity contribution in [1.82, 2.24) is 4.31 Å². The topological polar surface area (TPSA) is 95.6 Å². The smallest absolute Gasteiger partial charge is 0.243 e. The van der Waals surface area contributed by atoms with Gasteiger partial charge >= 0.3 is 0 Å². The lowest BCUT2D eigenvalue weighted by Crippen LogP contribution is -2.26. The van der Waals surface area contributed by atoms with Crippen LogP contribution in [0.2, 0.25) is 0 Å². The summed E-state index contributed by atoms with van der Waals surface area (Å²) in [6, 6.07) is 22.9. The quantitative estimate of drug-likeness (QED) is 0.439. The Hall–Kier alpha value is -3.14. The second-order valence-corrected chi connectivity index (χ2v) is 10.8. The molecule has 0 aliphatic heterocycles. The zero-order valence-corrected chi connectivity index (χ0v) is 20.7. The lowest BCUT2D eigenvalue weighted by atomic mass is 10.2. The first-order valence-electron chi connectivity index (χ1n) is 10.6. The van der Waals surface area contributed by atoms with Gasteiger partial charge in [-0.3, -0.25) is 9.59 Å². The van der Waals surface area contributed by atoms with E-state index in [9.17, 15) is 18.0 Å². The van der Waals surface area contributed by atoms with Gasteiger partial charge in [0.25, 0.3) is 0 Å². The van der Waals surface area contributed by atoms with E-state index in [1.807, 2.05) is 61.5 Å². The number of nitrogens with one attached hydrogen (secondary N) is 2. The Morgan fingerprint density at radius 3 is 1.82 bits per heavy atom. The van der Waals surface area contributed by atoms with Crippen molar-refractivity contribution in [2.75, 3.05) is 29.2 Å². The molecule has 0 heterocycles. The summed E-state index contributed by atoms with van der Waals surface area (Å²) in [5, 5.41) is 5.50. The van der Waals surface area contributed by atoms with E-state index in [0.29, 0.717) is 11.4 Å². The number of hydrogen-bond acceptors (Lipinski definition) is 5. The van der Waals surface area contributed by atoms with Crippen LogP contribution in [0.3, 0.4) is 0 Å². The van der Waals surface area contributed by atoms with E-state index in [4.69, 9.17) is 0 Å². The highest BCUT2D eigenvalue weighted by Gasteiger charge is 2.21. The highest BCUT2D eigenvalue weighted by atomic mass is 32.2. The van der Waals surface area contributed by atoms with E-state index in [1.165, 1.54) is 35.2 Å². The molecule has 0 aliphatic carbocycles. The van der Waals surface area contributed by atoms with Crippen LogP contribution in [0.1, 0.15) is 11.1 Å². The maximum absolute atomic E-state index is 12.8. The molecule has 34 heavy (non-hydrogen) atoms. The third-order valence-corrected chi connectivity index (χ3v) is 7.65. The van der Waals surface area contributed by atoms with Crippen molar-refractivity contribution in [2.24, 2.45) is 0 Å². The second-order valence-electron chi connectivity index (χ2n) is 7.73. The fourth-order valence-corrected chi connectivity index (χ4v) is 4.86. The number of aryl methyl sites for hydroxylation is 1. The predicted octanol–water partition coefficient (Wildman–Crippen LogP) is 4.13. The van der Waals surface area contributed by atoms with Gasteiger partial charge in [0.15, 0.2) is 0 Å². The maximum Gasteiger partial charge on any atom is 0.243 e. The molecule has 7 nitrogen and oxygen atoms in total. The summed E-state index contributed by atoms with van der Waals surface area (Å²) in [6.45, 7) is 2.23. The van der Waals surface area contributed by atoms with Gasteiger partial charge in [-0.1, -0.05) is 48.0 Å². The first kappa shape index (κ1) is 25.5. The van der Waals surface area contributed by atoms with Crippen LogP contribution in [-0.4, -0.2) is 43.1 Å². The van der Waals surface area contributed by atoms with Gasteiger partial charge in [0.2, 0.25) is 21.8 Å². The molecule has 2 N–H and O–H groups in total. The van der Waals surface area contributed by atoms with Gasteiger partial charge in [-0.05, 0) is 48.9 Å². The number of hydrogen-bond donors (Lipinski definition) is 2. The summed E-state index contributed by atoms with van der Waals surface area (Å²) < 4.78 is 26.9. The minimum absolute atomic E-state index is 0.0984. The standard InChI is InChI=1S/C25H27N3O4S2/c1-19-8-10-21(11-9-19)26-24(29)17-33-18-25(30)27-22-12-14-23(15-13-22)34(31,32)28(2)16-20-6-4-3-5-7-20/h3-15H,16-18H2,1-2H3,(H,26,29)(H,27,30). The monoisotopic (exact) mass is 497 g/mol. The van der Waals surface area contributed by atoms with Crippen LogP contribution in [0.5, 0.6) is 0 Å². The molecule has 9 heteroatoms. The molecule has 0 aromatic heterocycles. The average Bonchev–Trinajstić information content (AvgIpc) is 2.81. The molecule has 0 radical (unpaired) electrons. The summed E-state index contributed by atoms with van der Waals surface area (Å²) in [5.74, 6) is -0.214. The van der Waals surface area contributed by atoms with E-state index in [1.54, 1.807) is 12.1 Å². The zero-order valence-electron chi connectivity index (χ0n) is 19.0. The number of amides is 2. The molecule has 3 aromatic carbocycles. The number of sulfonamides is 1. The number of rotatable bonds is 10. The normalized spacial score (nSPS) is 11.3. The molecule has 0 unspecified atom stereocenters. The highest BCUT2D eigenvalue weighted by Crippen LogP contribution is 2.19. The summed E-state index contributed by atoms with van der Waals surface area (Å²) in [6.07, 6.45) is 0. The van der Waals surface area contributed by atoms with Crippen molar-refractivity contribution < 1.29 is 18.0 Å². The van der Waals surface area contributed by atoms with Gasteiger partial charge in [0, 0.05) is 25.0 Å². The predicted molar refractivity (Wildman–Crippen MR) is 137 cm³/mol. The molecule has 0 saturated heterocycles. The Morgan fingerprint density at radius 1 is 0.794 bits per heavy atom. The molecular weight excluding hydrogens is 470 g/mol. The van der Waals surface area contributed by atoms with Crippen molar-refractivity contribution in [3.63, 3.8) is 0 Å². The van der Waals surface area contributed by atoms with Gasteiger partial charge in [0.05, 0.1) is 16.4 Å². The van der Waals surface area contributed by atoms with Crippen LogP contribution < -0.4 is 10.6 Å². The van der Waals surface area contributed by atoms with Crippen LogP contribution in [0, 0.1) is 6.92 Å². The second kappa shape index (κ2) is 11.8. The van der Waals surface area contributed by atoms with Crippen LogP contribution in [0.4, 0.5) is 11.4 Å².